The Morgan fingerprint density at radius 3 is 2.76 bits per heavy atom. The van der Waals surface area contributed by atoms with Gasteiger partial charge in [0.15, 0.2) is 0 Å². The van der Waals surface area contributed by atoms with Crippen molar-refractivity contribution in [2.45, 2.75) is 19.5 Å². The van der Waals surface area contributed by atoms with Crippen LogP contribution in [0.5, 0.6) is 0 Å². The summed E-state index contributed by atoms with van der Waals surface area (Å²) in [5.41, 5.74) is 1.02. The van der Waals surface area contributed by atoms with E-state index in [0.717, 1.165) is 5.56 Å². The van der Waals surface area contributed by atoms with Gasteiger partial charge >= 0.3 is 6.03 Å². The highest BCUT2D eigenvalue weighted by Crippen LogP contribution is 2.08. The molecule has 1 atom stereocenters. The molecule has 1 saturated heterocycles. The van der Waals surface area contributed by atoms with Crippen LogP contribution >= 0.6 is 0 Å². The van der Waals surface area contributed by atoms with E-state index >= 15 is 0 Å². The smallest absolute Gasteiger partial charge is 0.318 e. The molecule has 1 fully saturated rings. The standard InChI is InChI=1S/C15H21N3O3/c1-2-16-14(19)13-11-21-9-8-18(13)15(20)17-10-12-6-4-3-5-7-12/h3-7,13H,2,8-11H2,1H3,(H,16,19)(H,17,20). The summed E-state index contributed by atoms with van der Waals surface area (Å²) in [5.74, 6) is -0.174. The summed E-state index contributed by atoms with van der Waals surface area (Å²) in [6.07, 6.45) is 0. The third kappa shape index (κ3) is 4.19. The summed E-state index contributed by atoms with van der Waals surface area (Å²) in [4.78, 5) is 25.8. The summed E-state index contributed by atoms with van der Waals surface area (Å²) in [7, 11) is 0. The van der Waals surface area contributed by atoms with Crippen LogP contribution in [0, 0.1) is 0 Å². The molecule has 0 spiro atoms. The van der Waals surface area contributed by atoms with Gasteiger partial charge in [0.25, 0.3) is 0 Å². The van der Waals surface area contributed by atoms with Gasteiger partial charge in [0.05, 0.1) is 13.2 Å². The molecular formula is C15H21N3O3. The summed E-state index contributed by atoms with van der Waals surface area (Å²) < 4.78 is 5.31. The largest absolute Gasteiger partial charge is 0.377 e. The lowest BCUT2D eigenvalue weighted by molar-refractivity contribution is -0.130. The van der Waals surface area contributed by atoms with Crippen LogP contribution in [0.1, 0.15) is 12.5 Å². The second-order valence-electron chi connectivity index (χ2n) is 4.82. The lowest BCUT2D eigenvalue weighted by atomic mass is 10.2. The lowest BCUT2D eigenvalue weighted by Gasteiger charge is -2.34. The quantitative estimate of drug-likeness (QED) is 0.859. The Kier molecular flexibility index (Phi) is 5.57. The number of morpholine rings is 1. The van der Waals surface area contributed by atoms with Crippen LogP contribution in [0.25, 0.3) is 0 Å². The molecule has 6 heteroatoms. The van der Waals surface area contributed by atoms with Gasteiger partial charge in [-0.1, -0.05) is 30.3 Å². The van der Waals surface area contributed by atoms with Crippen LogP contribution in [-0.2, 0) is 16.1 Å². The second kappa shape index (κ2) is 7.64. The third-order valence-electron chi connectivity index (χ3n) is 3.33. The van der Waals surface area contributed by atoms with E-state index in [2.05, 4.69) is 10.6 Å². The normalized spacial score (nSPS) is 18.1. The summed E-state index contributed by atoms with van der Waals surface area (Å²) in [6, 6.07) is 8.87. The minimum Gasteiger partial charge on any atom is -0.377 e. The molecule has 0 aliphatic carbocycles. The van der Waals surface area contributed by atoms with Crippen LogP contribution in [0.2, 0.25) is 0 Å². The highest BCUT2D eigenvalue weighted by atomic mass is 16.5. The van der Waals surface area contributed by atoms with Gasteiger partial charge in [0, 0.05) is 19.6 Å². The molecule has 114 valence electrons. The average molecular weight is 291 g/mol. The maximum absolute atomic E-state index is 12.3. The molecule has 2 rings (SSSR count). The van der Waals surface area contributed by atoms with Crippen LogP contribution in [0.15, 0.2) is 30.3 Å². The fraction of sp³-hybridized carbons (Fsp3) is 0.467. The van der Waals surface area contributed by atoms with Gasteiger partial charge in [0.2, 0.25) is 5.91 Å². The van der Waals surface area contributed by atoms with Crippen molar-refractivity contribution >= 4 is 11.9 Å². The molecule has 2 N–H and O–H groups in total. The SMILES string of the molecule is CCNC(=O)C1COCCN1C(=O)NCc1ccccc1. The van der Waals surface area contributed by atoms with Gasteiger partial charge in [-0.25, -0.2) is 4.79 Å². The van der Waals surface area contributed by atoms with Crippen molar-refractivity contribution < 1.29 is 14.3 Å². The Morgan fingerprint density at radius 2 is 2.05 bits per heavy atom. The minimum atomic E-state index is -0.561. The molecule has 1 unspecified atom stereocenters. The fourth-order valence-corrected chi connectivity index (χ4v) is 2.23. The first-order chi connectivity index (χ1) is 10.2. The monoisotopic (exact) mass is 291 g/mol. The Morgan fingerprint density at radius 1 is 1.29 bits per heavy atom. The maximum atomic E-state index is 12.3. The fourth-order valence-electron chi connectivity index (χ4n) is 2.23. The number of urea groups is 1. The van der Waals surface area contributed by atoms with Crippen molar-refractivity contribution in [3.05, 3.63) is 35.9 Å². The first kappa shape index (κ1) is 15.3. The van der Waals surface area contributed by atoms with Gasteiger partial charge < -0.3 is 20.3 Å². The number of rotatable bonds is 4. The second-order valence-corrected chi connectivity index (χ2v) is 4.82. The number of amides is 3. The minimum absolute atomic E-state index is 0.174. The topological polar surface area (TPSA) is 70.7 Å². The number of carbonyl (C=O) groups excluding carboxylic acids is 2. The number of hydrogen-bond donors (Lipinski definition) is 2. The number of nitrogens with one attached hydrogen (secondary N) is 2. The number of likely N-dealkylation sites (N-methyl/N-ethyl adjacent to an activating group) is 1. The van der Waals surface area contributed by atoms with Gasteiger partial charge in [-0.05, 0) is 12.5 Å². The van der Waals surface area contributed by atoms with E-state index in [9.17, 15) is 9.59 Å². The third-order valence-corrected chi connectivity index (χ3v) is 3.33. The van der Waals surface area contributed by atoms with E-state index in [1.807, 2.05) is 37.3 Å². The predicted octanol–water partition coefficient (Wildman–Crippen LogP) is 0.733. The van der Waals surface area contributed by atoms with E-state index in [-0.39, 0.29) is 18.5 Å². The highest BCUT2D eigenvalue weighted by molar-refractivity contribution is 5.87. The molecule has 0 radical (unpaired) electrons. The molecule has 3 amide bonds. The number of ether oxygens (including phenoxy) is 1. The molecule has 1 aromatic rings. The zero-order valence-corrected chi connectivity index (χ0v) is 12.2. The van der Waals surface area contributed by atoms with Crippen molar-refractivity contribution in [3.63, 3.8) is 0 Å². The zero-order chi connectivity index (χ0) is 15.1. The van der Waals surface area contributed by atoms with E-state index in [4.69, 9.17) is 4.74 Å². The van der Waals surface area contributed by atoms with Gasteiger partial charge in [-0.2, -0.15) is 0 Å². The molecule has 1 heterocycles. The van der Waals surface area contributed by atoms with Crippen LogP contribution in [-0.4, -0.2) is 49.2 Å². The van der Waals surface area contributed by atoms with Crippen molar-refractivity contribution in [2.24, 2.45) is 0 Å². The van der Waals surface area contributed by atoms with Crippen LogP contribution in [0.3, 0.4) is 0 Å². The van der Waals surface area contributed by atoms with Gasteiger partial charge in [-0.15, -0.1) is 0 Å². The van der Waals surface area contributed by atoms with E-state index < -0.39 is 6.04 Å². The highest BCUT2D eigenvalue weighted by Gasteiger charge is 2.32. The molecule has 21 heavy (non-hydrogen) atoms. The summed E-state index contributed by atoms with van der Waals surface area (Å²) in [5, 5.41) is 5.58. The molecule has 6 nitrogen and oxygen atoms in total. The number of carbonyl (C=O) groups is 2. The van der Waals surface area contributed by atoms with Gasteiger partial charge in [0.1, 0.15) is 6.04 Å². The van der Waals surface area contributed by atoms with Crippen molar-refractivity contribution in [1.29, 1.82) is 0 Å². The van der Waals surface area contributed by atoms with Crippen LogP contribution < -0.4 is 10.6 Å². The number of hydrogen-bond acceptors (Lipinski definition) is 3. The van der Waals surface area contributed by atoms with Gasteiger partial charge in [-0.3, -0.25) is 4.79 Å². The molecule has 1 aromatic carbocycles. The molecule has 0 saturated carbocycles. The maximum Gasteiger partial charge on any atom is 0.318 e. The van der Waals surface area contributed by atoms with E-state index in [1.54, 1.807) is 0 Å². The van der Waals surface area contributed by atoms with Crippen molar-refractivity contribution in [3.8, 4) is 0 Å². The first-order valence-electron chi connectivity index (χ1n) is 7.16. The van der Waals surface area contributed by atoms with E-state index in [1.165, 1.54) is 4.90 Å². The molecular weight excluding hydrogens is 270 g/mol. The lowest BCUT2D eigenvalue weighted by Crippen LogP contribution is -2.58. The van der Waals surface area contributed by atoms with Crippen molar-refractivity contribution in [2.75, 3.05) is 26.3 Å². The van der Waals surface area contributed by atoms with Crippen molar-refractivity contribution in [1.82, 2.24) is 15.5 Å². The molecule has 1 aliphatic rings. The predicted molar refractivity (Wildman–Crippen MR) is 78.7 cm³/mol. The number of nitrogens with zero attached hydrogens (tertiary/aromatic N) is 1. The average Bonchev–Trinajstić information content (AvgIpc) is 2.54. The Balaban J connectivity index is 1.93. The number of benzene rings is 1. The summed E-state index contributed by atoms with van der Waals surface area (Å²) >= 11 is 0. The first-order valence-corrected chi connectivity index (χ1v) is 7.16. The Bertz CT molecular complexity index is 478. The Labute approximate surface area is 124 Å². The summed E-state index contributed by atoms with van der Waals surface area (Å²) in [6.45, 7) is 3.94. The molecule has 1 aliphatic heterocycles. The molecule has 0 bridgehead atoms. The van der Waals surface area contributed by atoms with E-state index in [0.29, 0.717) is 26.2 Å². The zero-order valence-electron chi connectivity index (χ0n) is 12.2. The van der Waals surface area contributed by atoms with Crippen LogP contribution in [0.4, 0.5) is 4.79 Å². The Hall–Kier alpha value is -2.08. The molecule has 0 aromatic heterocycles.